The highest BCUT2D eigenvalue weighted by atomic mass is 16.5. The van der Waals surface area contributed by atoms with Crippen LogP contribution in [0.25, 0.3) is 10.9 Å². The number of aryl methyl sites for hydroxylation is 1. The summed E-state index contributed by atoms with van der Waals surface area (Å²) in [5, 5.41) is 3.27. The largest absolute Gasteiger partial charge is 0.378 e. The average Bonchev–Trinajstić information content (AvgIpc) is 2.75. The van der Waals surface area contributed by atoms with Crippen LogP contribution < -0.4 is 15.8 Å². The molecule has 1 N–H and O–H groups in total. The van der Waals surface area contributed by atoms with Crippen molar-refractivity contribution in [3.63, 3.8) is 0 Å². The number of nitrogens with one attached hydrogen (secondary N) is 1. The monoisotopic (exact) mass is 394 g/mol. The van der Waals surface area contributed by atoms with Gasteiger partial charge in [0, 0.05) is 24.8 Å². The number of hydrogen-bond acceptors (Lipinski definition) is 7. The van der Waals surface area contributed by atoms with Gasteiger partial charge < -0.3 is 15.0 Å². The lowest BCUT2D eigenvalue weighted by Gasteiger charge is -2.28. The lowest BCUT2D eigenvalue weighted by molar-refractivity contribution is -0.121. The van der Waals surface area contributed by atoms with Crippen molar-refractivity contribution in [2.75, 3.05) is 31.2 Å². The highest BCUT2D eigenvalue weighted by molar-refractivity contribution is 5.78. The number of carbonyl (C=O) groups excluding carboxylic acids is 1. The molecule has 1 amide bonds. The van der Waals surface area contributed by atoms with Gasteiger partial charge in [-0.25, -0.2) is 15.0 Å². The van der Waals surface area contributed by atoms with Crippen LogP contribution in [-0.4, -0.2) is 51.7 Å². The van der Waals surface area contributed by atoms with E-state index in [1.807, 2.05) is 19.1 Å². The van der Waals surface area contributed by atoms with Crippen LogP contribution in [0.3, 0.4) is 0 Å². The predicted molar refractivity (Wildman–Crippen MR) is 108 cm³/mol. The Balaban J connectivity index is 1.43. The summed E-state index contributed by atoms with van der Waals surface area (Å²) in [5.74, 6) is 1.06. The molecular formula is C20H22N6O3. The molecule has 29 heavy (non-hydrogen) atoms. The van der Waals surface area contributed by atoms with Crippen LogP contribution in [0.5, 0.6) is 0 Å². The Morgan fingerprint density at radius 3 is 2.83 bits per heavy atom. The number of para-hydroxylation sites is 1. The molecule has 1 saturated heterocycles. The number of fused-ring (bicyclic) bond motifs is 1. The summed E-state index contributed by atoms with van der Waals surface area (Å²) in [4.78, 5) is 40.2. The lowest BCUT2D eigenvalue weighted by Crippen LogP contribution is -2.37. The molecule has 0 aliphatic carbocycles. The number of carbonyl (C=O) groups is 1. The van der Waals surface area contributed by atoms with E-state index in [4.69, 9.17) is 4.74 Å². The molecule has 1 aliphatic heterocycles. The smallest absolute Gasteiger partial charge is 0.261 e. The van der Waals surface area contributed by atoms with E-state index in [1.165, 1.54) is 10.9 Å². The van der Waals surface area contributed by atoms with Gasteiger partial charge in [-0.1, -0.05) is 12.1 Å². The molecular weight excluding hydrogens is 372 g/mol. The van der Waals surface area contributed by atoms with E-state index >= 15 is 0 Å². The zero-order chi connectivity index (χ0) is 20.2. The van der Waals surface area contributed by atoms with Gasteiger partial charge in [-0.3, -0.25) is 14.2 Å². The van der Waals surface area contributed by atoms with E-state index in [-0.39, 0.29) is 24.6 Å². The zero-order valence-electron chi connectivity index (χ0n) is 16.2. The van der Waals surface area contributed by atoms with E-state index < -0.39 is 0 Å². The molecule has 150 valence electrons. The van der Waals surface area contributed by atoms with Crippen molar-refractivity contribution in [3.05, 3.63) is 58.5 Å². The summed E-state index contributed by atoms with van der Waals surface area (Å²) in [6, 6.07) is 8.99. The summed E-state index contributed by atoms with van der Waals surface area (Å²) in [6.07, 6.45) is 1.39. The highest BCUT2D eigenvalue weighted by Crippen LogP contribution is 2.14. The average molecular weight is 394 g/mol. The van der Waals surface area contributed by atoms with Crippen LogP contribution >= 0.6 is 0 Å². The third-order valence-corrected chi connectivity index (χ3v) is 4.71. The number of aromatic nitrogens is 4. The number of morpholine rings is 1. The molecule has 3 heterocycles. The summed E-state index contributed by atoms with van der Waals surface area (Å²) in [5.41, 5.74) is 1.20. The van der Waals surface area contributed by atoms with Crippen molar-refractivity contribution in [2.24, 2.45) is 0 Å². The maximum atomic E-state index is 12.5. The first-order valence-electron chi connectivity index (χ1n) is 9.48. The number of nitrogens with zero attached hydrogens (tertiary/aromatic N) is 5. The van der Waals surface area contributed by atoms with Crippen molar-refractivity contribution in [2.45, 2.75) is 20.0 Å². The maximum Gasteiger partial charge on any atom is 0.261 e. The van der Waals surface area contributed by atoms with E-state index in [9.17, 15) is 9.59 Å². The second-order valence-corrected chi connectivity index (χ2v) is 6.85. The topological polar surface area (TPSA) is 102 Å². The summed E-state index contributed by atoms with van der Waals surface area (Å²) in [6.45, 7) is 4.87. The van der Waals surface area contributed by atoms with Gasteiger partial charge in [0.2, 0.25) is 5.91 Å². The summed E-state index contributed by atoms with van der Waals surface area (Å²) >= 11 is 0. The number of ether oxygens (including phenoxy) is 1. The van der Waals surface area contributed by atoms with Crippen LogP contribution in [-0.2, 0) is 22.6 Å². The minimum absolute atomic E-state index is 0.112. The Labute approximate surface area is 167 Å². The third-order valence-electron chi connectivity index (χ3n) is 4.71. The number of rotatable bonds is 5. The minimum Gasteiger partial charge on any atom is -0.378 e. The molecule has 2 aromatic heterocycles. The number of anilines is 1. The minimum atomic E-state index is -0.304. The van der Waals surface area contributed by atoms with Crippen LogP contribution in [0.2, 0.25) is 0 Å². The van der Waals surface area contributed by atoms with Crippen LogP contribution in [0.4, 0.5) is 5.82 Å². The van der Waals surface area contributed by atoms with Crippen LogP contribution in [0.1, 0.15) is 11.5 Å². The molecule has 9 nitrogen and oxygen atoms in total. The van der Waals surface area contributed by atoms with Crippen LogP contribution in [0, 0.1) is 6.92 Å². The molecule has 1 aliphatic rings. The van der Waals surface area contributed by atoms with Gasteiger partial charge >= 0.3 is 0 Å². The van der Waals surface area contributed by atoms with Gasteiger partial charge in [0.05, 0.1) is 37.0 Å². The Kier molecular flexibility index (Phi) is 5.48. The standard InChI is InChI=1S/C20H22N6O3/c1-14-10-18(25-6-8-29-9-7-25)24-17(23-14)11-21-19(27)12-26-13-22-16-5-3-2-4-15(16)20(26)28/h2-5,10,13H,6-9,11-12H2,1H3,(H,21,27). The van der Waals surface area contributed by atoms with Gasteiger partial charge in [0.15, 0.2) is 0 Å². The third kappa shape index (κ3) is 4.40. The van der Waals surface area contributed by atoms with E-state index in [0.717, 1.165) is 24.6 Å². The lowest BCUT2D eigenvalue weighted by atomic mass is 10.2. The van der Waals surface area contributed by atoms with Gasteiger partial charge in [0.25, 0.3) is 5.56 Å². The highest BCUT2D eigenvalue weighted by Gasteiger charge is 2.15. The van der Waals surface area contributed by atoms with Gasteiger partial charge in [-0.2, -0.15) is 0 Å². The maximum absolute atomic E-state index is 12.5. The fraction of sp³-hybridized carbons (Fsp3) is 0.350. The molecule has 4 rings (SSSR count). The second-order valence-electron chi connectivity index (χ2n) is 6.85. The molecule has 0 unspecified atom stereocenters. The van der Waals surface area contributed by atoms with Crippen molar-refractivity contribution in [3.8, 4) is 0 Å². The molecule has 0 atom stereocenters. The van der Waals surface area contributed by atoms with E-state index in [0.29, 0.717) is 29.9 Å². The van der Waals surface area contributed by atoms with Gasteiger partial charge in [-0.05, 0) is 19.1 Å². The Hall–Kier alpha value is -3.33. The first-order valence-corrected chi connectivity index (χ1v) is 9.48. The molecule has 0 bridgehead atoms. The molecule has 3 aromatic rings. The normalized spacial score (nSPS) is 14.2. The van der Waals surface area contributed by atoms with Crippen molar-refractivity contribution >= 4 is 22.6 Å². The number of hydrogen-bond donors (Lipinski definition) is 1. The van der Waals surface area contributed by atoms with Gasteiger partial charge in [-0.15, -0.1) is 0 Å². The quantitative estimate of drug-likeness (QED) is 0.678. The first-order chi connectivity index (χ1) is 14.1. The zero-order valence-corrected chi connectivity index (χ0v) is 16.2. The van der Waals surface area contributed by atoms with Crippen molar-refractivity contribution < 1.29 is 9.53 Å². The Morgan fingerprint density at radius 2 is 2.00 bits per heavy atom. The summed E-state index contributed by atoms with van der Waals surface area (Å²) in [7, 11) is 0. The fourth-order valence-corrected chi connectivity index (χ4v) is 3.25. The fourth-order valence-electron chi connectivity index (χ4n) is 3.25. The molecule has 0 saturated carbocycles. The number of benzene rings is 1. The summed E-state index contributed by atoms with van der Waals surface area (Å²) < 4.78 is 6.68. The molecule has 1 aromatic carbocycles. The Bertz CT molecular complexity index is 1090. The number of amides is 1. The van der Waals surface area contributed by atoms with Gasteiger partial charge in [0.1, 0.15) is 18.2 Å². The van der Waals surface area contributed by atoms with Crippen molar-refractivity contribution in [1.29, 1.82) is 0 Å². The second kappa shape index (κ2) is 8.36. The van der Waals surface area contributed by atoms with Crippen LogP contribution in [0.15, 0.2) is 41.5 Å². The molecule has 1 fully saturated rings. The van der Waals surface area contributed by atoms with E-state index in [2.05, 4.69) is 25.2 Å². The predicted octanol–water partition coefficient (Wildman–Crippen LogP) is 0.648. The molecule has 0 radical (unpaired) electrons. The molecule has 0 spiro atoms. The first kappa shape index (κ1) is 19.0. The SMILES string of the molecule is Cc1cc(N2CCOCC2)nc(CNC(=O)Cn2cnc3ccccc3c2=O)n1. The molecule has 9 heteroatoms. The Morgan fingerprint density at radius 1 is 1.21 bits per heavy atom. The van der Waals surface area contributed by atoms with Crippen molar-refractivity contribution in [1.82, 2.24) is 24.8 Å². The van der Waals surface area contributed by atoms with E-state index in [1.54, 1.807) is 18.2 Å².